The zero-order chi connectivity index (χ0) is 20.1. The number of rotatable bonds is 2. The minimum absolute atomic E-state index is 1.25. The molecule has 0 amide bonds. The minimum atomic E-state index is 1.25. The Kier molecular flexibility index (Phi) is 3.75. The van der Waals surface area contributed by atoms with E-state index in [9.17, 15) is 0 Å². The van der Waals surface area contributed by atoms with E-state index in [0.717, 1.165) is 0 Å². The SMILES string of the molecule is CN(c1c2ccccc2cc2ccccc12)c1c2ccccc2cc2ccccc12. The lowest BCUT2D eigenvalue weighted by atomic mass is 9.97. The summed E-state index contributed by atoms with van der Waals surface area (Å²) in [6, 6.07) is 39.4. The molecule has 142 valence electrons. The maximum absolute atomic E-state index is 2.40. The van der Waals surface area contributed by atoms with Gasteiger partial charge < -0.3 is 4.90 Å². The van der Waals surface area contributed by atoms with Crippen molar-refractivity contribution < 1.29 is 0 Å². The average molecular weight is 383 g/mol. The monoisotopic (exact) mass is 383 g/mol. The molecule has 0 aromatic heterocycles. The van der Waals surface area contributed by atoms with Crippen molar-refractivity contribution in [2.24, 2.45) is 0 Å². The molecule has 0 aliphatic heterocycles. The Hall–Kier alpha value is -3.84. The maximum Gasteiger partial charge on any atom is 0.0567 e. The van der Waals surface area contributed by atoms with Gasteiger partial charge in [-0.3, -0.25) is 0 Å². The number of fused-ring (bicyclic) bond motifs is 4. The van der Waals surface area contributed by atoms with E-state index in [-0.39, 0.29) is 0 Å². The second-order valence-electron chi connectivity index (χ2n) is 7.89. The van der Waals surface area contributed by atoms with Gasteiger partial charge in [-0.1, -0.05) is 97.1 Å². The summed E-state index contributed by atoms with van der Waals surface area (Å²) in [5.74, 6) is 0. The third-order valence-electron chi connectivity index (χ3n) is 6.16. The second kappa shape index (κ2) is 6.60. The zero-order valence-corrected chi connectivity index (χ0v) is 16.8. The Labute approximate surface area is 175 Å². The van der Waals surface area contributed by atoms with Gasteiger partial charge in [-0.15, -0.1) is 0 Å². The predicted octanol–water partition coefficient (Wildman–Crippen LogP) is 8.07. The van der Waals surface area contributed by atoms with Crippen LogP contribution in [-0.2, 0) is 0 Å². The Morgan fingerprint density at radius 3 is 0.967 bits per heavy atom. The predicted molar refractivity (Wildman–Crippen MR) is 131 cm³/mol. The van der Waals surface area contributed by atoms with Crippen molar-refractivity contribution in [1.29, 1.82) is 0 Å². The quantitative estimate of drug-likeness (QED) is 0.273. The van der Waals surface area contributed by atoms with E-state index in [0.29, 0.717) is 0 Å². The van der Waals surface area contributed by atoms with E-state index in [1.165, 1.54) is 54.5 Å². The van der Waals surface area contributed by atoms with Gasteiger partial charge in [0.2, 0.25) is 0 Å². The number of hydrogen-bond acceptors (Lipinski definition) is 1. The standard InChI is InChI=1S/C29H21N/c1-30(28-24-14-6-2-10-20(24)18-21-11-3-7-15-25(21)28)29-26-16-8-4-12-22(26)19-23-13-5-9-17-27(23)29/h2-19H,1H3. The molecule has 0 atom stereocenters. The molecule has 0 heterocycles. The van der Waals surface area contributed by atoms with Gasteiger partial charge in [0.05, 0.1) is 11.4 Å². The summed E-state index contributed by atoms with van der Waals surface area (Å²) in [5, 5.41) is 10.2. The molecule has 0 unspecified atom stereocenters. The van der Waals surface area contributed by atoms with Crippen LogP contribution in [0.5, 0.6) is 0 Å². The Morgan fingerprint density at radius 2 is 0.667 bits per heavy atom. The van der Waals surface area contributed by atoms with Crippen LogP contribution in [-0.4, -0.2) is 7.05 Å². The van der Waals surface area contributed by atoms with Crippen LogP contribution in [0, 0.1) is 0 Å². The third-order valence-corrected chi connectivity index (χ3v) is 6.16. The highest BCUT2D eigenvalue weighted by Gasteiger charge is 2.17. The van der Waals surface area contributed by atoms with Crippen molar-refractivity contribution in [3.05, 3.63) is 109 Å². The number of anilines is 2. The van der Waals surface area contributed by atoms with Gasteiger partial charge in [-0.2, -0.15) is 0 Å². The minimum Gasteiger partial charge on any atom is -0.343 e. The summed E-state index contributed by atoms with van der Waals surface area (Å²) in [7, 11) is 2.21. The first-order valence-electron chi connectivity index (χ1n) is 10.4. The van der Waals surface area contributed by atoms with E-state index in [2.05, 4.69) is 121 Å². The van der Waals surface area contributed by atoms with Gasteiger partial charge >= 0.3 is 0 Å². The van der Waals surface area contributed by atoms with Crippen LogP contribution in [0.15, 0.2) is 109 Å². The van der Waals surface area contributed by atoms with Gasteiger partial charge in [-0.05, 0) is 33.7 Å². The lowest BCUT2D eigenvalue weighted by Crippen LogP contribution is -2.12. The van der Waals surface area contributed by atoms with Crippen molar-refractivity contribution in [2.75, 3.05) is 11.9 Å². The molecular weight excluding hydrogens is 362 g/mol. The molecule has 0 fully saturated rings. The zero-order valence-electron chi connectivity index (χ0n) is 16.8. The first-order chi connectivity index (χ1) is 14.8. The summed E-state index contributed by atoms with van der Waals surface area (Å²) >= 11 is 0. The summed E-state index contributed by atoms with van der Waals surface area (Å²) < 4.78 is 0. The fraction of sp³-hybridized carbons (Fsp3) is 0.0345. The highest BCUT2D eigenvalue weighted by molar-refractivity contribution is 6.18. The van der Waals surface area contributed by atoms with Crippen LogP contribution in [0.1, 0.15) is 0 Å². The van der Waals surface area contributed by atoms with Gasteiger partial charge in [0.15, 0.2) is 0 Å². The van der Waals surface area contributed by atoms with Gasteiger partial charge in [-0.25, -0.2) is 0 Å². The molecular formula is C29H21N. The maximum atomic E-state index is 2.40. The number of nitrogens with zero attached hydrogens (tertiary/aromatic N) is 1. The number of benzene rings is 6. The first kappa shape index (κ1) is 17.1. The number of hydrogen-bond donors (Lipinski definition) is 0. The fourth-order valence-electron chi connectivity index (χ4n) is 4.81. The van der Waals surface area contributed by atoms with E-state index in [1.54, 1.807) is 0 Å². The van der Waals surface area contributed by atoms with Crippen LogP contribution < -0.4 is 4.90 Å². The molecule has 0 N–H and O–H groups in total. The van der Waals surface area contributed by atoms with E-state index >= 15 is 0 Å². The van der Waals surface area contributed by atoms with Gasteiger partial charge in [0.1, 0.15) is 0 Å². The summed E-state index contributed by atoms with van der Waals surface area (Å²) in [6.07, 6.45) is 0. The van der Waals surface area contributed by atoms with Gasteiger partial charge in [0.25, 0.3) is 0 Å². The largest absolute Gasteiger partial charge is 0.343 e. The van der Waals surface area contributed by atoms with Crippen LogP contribution in [0.25, 0.3) is 43.1 Å². The molecule has 6 aromatic carbocycles. The third kappa shape index (κ3) is 2.49. The summed E-state index contributed by atoms with van der Waals surface area (Å²) in [5.41, 5.74) is 2.51. The lowest BCUT2D eigenvalue weighted by molar-refractivity contribution is 1.26. The molecule has 6 aromatic rings. The molecule has 1 nitrogen and oxygen atoms in total. The van der Waals surface area contributed by atoms with Crippen molar-refractivity contribution in [1.82, 2.24) is 0 Å². The molecule has 30 heavy (non-hydrogen) atoms. The molecule has 1 heteroatoms. The molecule has 0 bridgehead atoms. The van der Waals surface area contributed by atoms with Crippen LogP contribution in [0.3, 0.4) is 0 Å². The molecule has 6 rings (SSSR count). The summed E-state index contributed by atoms with van der Waals surface area (Å²) in [6.45, 7) is 0. The normalized spacial score (nSPS) is 11.5. The first-order valence-corrected chi connectivity index (χ1v) is 10.4. The molecule has 0 aliphatic rings. The molecule has 0 aliphatic carbocycles. The molecule has 0 saturated heterocycles. The van der Waals surface area contributed by atoms with E-state index < -0.39 is 0 Å². The average Bonchev–Trinajstić information content (AvgIpc) is 2.80. The van der Waals surface area contributed by atoms with E-state index in [4.69, 9.17) is 0 Å². The fourth-order valence-corrected chi connectivity index (χ4v) is 4.81. The van der Waals surface area contributed by atoms with Crippen molar-refractivity contribution >= 4 is 54.5 Å². The van der Waals surface area contributed by atoms with Crippen LogP contribution >= 0.6 is 0 Å². The molecule has 0 spiro atoms. The lowest BCUT2D eigenvalue weighted by Gasteiger charge is -2.27. The van der Waals surface area contributed by atoms with Crippen molar-refractivity contribution in [2.45, 2.75) is 0 Å². The molecule has 0 radical (unpaired) electrons. The second-order valence-corrected chi connectivity index (χ2v) is 7.89. The van der Waals surface area contributed by atoms with Crippen molar-refractivity contribution in [3.8, 4) is 0 Å². The molecule has 0 saturated carbocycles. The Balaban J connectivity index is 1.78. The summed E-state index contributed by atoms with van der Waals surface area (Å²) in [4.78, 5) is 2.40. The Morgan fingerprint density at radius 1 is 0.400 bits per heavy atom. The highest BCUT2D eigenvalue weighted by Crippen LogP contribution is 2.43. The van der Waals surface area contributed by atoms with Crippen LogP contribution in [0.2, 0.25) is 0 Å². The topological polar surface area (TPSA) is 3.24 Å². The smallest absolute Gasteiger partial charge is 0.0567 e. The van der Waals surface area contributed by atoms with Crippen LogP contribution in [0.4, 0.5) is 11.4 Å². The Bertz CT molecular complexity index is 1330. The van der Waals surface area contributed by atoms with Crippen molar-refractivity contribution in [3.63, 3.8) is 0 Å². The van der Waals surface area contributed by atoms with E-state index in [1.807, 2.05) is 0 Å². The highest BCUT2D eigenvalue weighted by atomic mass is 15.1. The van der Waals surface area contributed by atoms with Gasteiger partial charge in [0, 0.05) is 28.6 Å².